The molecule has 4 nitrogen and oxygen atoms in total. The van der Waals surface area contributed by atoms with Crippen molar-refractivity contribution in [2.75, 3.05) is 12.5 Å². The number of carbonyl (C=O) groups is 2. The zero-order valence-electron chi connectivity index (χ0n) is 31.4. The maximum absolute atomic E-state index is 15.0. The number of esters is 1. The molecule has 0 saturated heterocycles. The van der Waals surface area contributed by atoms with Gasteiger partial charge in [0.25, 0.3) is 0 Å². The van der Waals surface area contributed by atoms with Gasteiger partial charge in [0.15, 0.2) is 5.78 Å². The zero-order chi connectivity index (χ0) is 34.5. The van der Waals surface area contributed by atoms with E-state index in [-0.39, 0.29) is 50.8 Å². The highest BCUT2D eigenvalue weighted by atomic mass is 32.2. The first-order valence-corrected chi connectivity index (χ1v) is 20.6. The summed E-state index contributed by atoms with van der Waals surface area (Å²) in [7, 11) is -2.55. The van der Waals surface area contributed by atoms with Gasteiger partial charge in [0, 0.05) is 35.7 Å². The molecule has 258 valence electrons. The minimum absolute atomic E-state index is 0.00235. The molecule has 0 aliphatic heterocycles. The minimum atomic E-state index is -2.55. The molecular formula is C41H64O4S. The molecule has 0 aromatic heterocycles. The van der Waals surface area contributed by atoms with Gasteiger partial charge in [-0.2, -0.15) is 0 Å². The molecule has 0 N–H and O–H groups in total. The fraction of sp³-hybridized carbons (Fsp3) is 0.829. The van der Waals surface area contributed by atoms with Crippen molar-refractivity contribution in [1.29, 1.82) is 0 Å². The van der Waals surface area contributed by atoms with Gasteiger partial charge in [-0.1, -0.05) is 72.0 Å². The third-order valence-corrected chi connectivity index (χ3v) is 16.2. The fourth-order valence-corrected chi connectivity index (χ4v) is 13.1. The number of hydrogen-bond donors (Lipinski definition) is 0. The van der Waals surface area contributed by atoms with Crippen molar-refractivity contribution in [2.24, 2.45) is 62.1 Å². The van der Waals surface area contributed by atoms with Crippen molar-refractivity contribution in [1.82, 2.24) is 0 Å². The summed E-state index contributed by atoms with van der Waals surface area (Å²) in [6, 6.07) is 0. The summed E-state index contributed by atoms with van der Waals surface area (Å²) in [5.74, 6) is 8.52. The second-order valence-corrected chi connectivity index (χ2v) is 22.0. The number of carbonyl (C=O) groups excluding carboxylic acids is 2. The SMILES string of the molecule is CC(=O)O[C@H]1CC[C@]2(C)[C@H]3CC=C4[C@@H]5[C@@H](C)[C@H](C)CC[C@]5(C(=O)C(C#CC(C)(C)C)=S(C)(C)=O)CC[C@@]4(C)[C@]3(C)CC[C@H]2C1(C)C. The van der Waals surface area contributed by atoms with E-state index in [1.54, 1.807) is 19.4 Å². The molecule has 0 radical (unpaired) electrons. The van der Waals surface area contributed by atoms with Crippen molar-refractivity contribution < 1.29 is 18.5 Å². The van der Waals surface area contributed by atoms with E-state index in [2.05, 4.69) is 87.2 Å². The number of Topliss-reactive ketones (excluding diaryl/α,β-unsaturated/α-hetero) is 1. The van der Waals surface area contributed by atoms with Gasteiger partial charge >= 0.3 is 5.97 Å². The van der Waals surface area contributed by atoms with Crippen LogP contribution in [0.2, 0.25) is 0 Å². The van der Waals surface area contributed by atoms with E-state index in [1.807, 2.05) is 0 Å². The average molecular weight is 653 g/mol. The van der Waals surface area contributed by atoms with Gasteiger partial charge in [0.05, 0.1) is 0 Å². The summed E-state index contributed by atoms with van der Waals surface area (Å²) < 4.78 is 19.7. The summed E-state index contributed by atoms with van der Waals surface area (Å²) in [5, 5.41) is 0. The van der Waals surface area contributed by atoms with Crippen molar-refractivity contribution in [3.05, 3.63) is 11.6 Å². The number of hydrogen-bond acceptors (Lipinski definition) is 4. The Morgan fingerprint density at radius 2 is 1.57 bits per heavy atom. The van der Waals surface area contributed by atoms with E-state index < -0.39 is 14.9 Å². The quantitative estimate of drug-likeness (QED) is 0.132. The lowest BCUT2D eigenvalue weighted by molar-refractivity contribution is -0.212. The van der Waals surface area contributed by atoms with Crippen LogP contribution in [0, 0.1) is 73.9 Å². The Morgan fingerprint density at radius 3 is 2.15 bits per heavy atom. The molecule has 0 unspecified atom stereocenters. The van der Waals surface area contributed by atoms with Crippen LogP contribution in [-0.2, 0) is 23.8 Å². The van der Waals surface area contributed by atoms with E-state index in [1.165, 1.54) is 5.57 Å². The van der Waals surface area contributed by atoms with E-state index in [9.17, 15) is 9.00 Å². The fourth-order valence-electron chi connectivity index (χ4n) is 12.1. The van der Waals surface area contributed by atoms with Crippen LogP contribution in [0.4, 0.5) is 0 Å². The lowest BCUT2D eigenvalue weighted by Crippen LogP contribution is -2.66. The second-order valence-electron chi connectivity index (χ2n) is 19.2. The molecule has 5 aliphatic carbocycles. The third kappa shape index (κ3) is 5.29. The van der Waals surface area contributed by atoms with Crippen LogP contribution in [-0.4, -0.2) is 39.4 Å². The largest absolute Gasteiger partial charge is 0.462 e. The maximum Gasteiger partial charge on any atom is 0.302 e. The first-order valence-electron chi connectivity index (χ1n) is 18.2. The van der Waals surface area contributed by atoms with Crippen LogP contribution in [0.25, 0.3) is 0 Å². The molecule has 5 heteroatoms. The molecular weight excluding hydrogens is 589 g/mol. The van der Waals surface area contributed by atoms with Crippen LogP contribution < -0.4 is 0 Å². The van der Waals surface area contributed by atoms with Gasteiger partial charge in [-0.15, -0.1) is 0 Å². The molecule has 0 bridgehead atoms. The molecule has 0 aromatic carbocycles. The van der Waals surface area contributed by atoms with Crippen molar-refractivity contribution in [3.8, 4) is 11.8 Å². The molecule has 0 aromatic rings. The molecule has 5 aliphatic rings. The lowest BCUT2D eigenvalue weighted by Gasteiger charge is -2.71. The standard InChI is InChI=1S/C41H64O4S/c1-26-16-23-41(35(43)30(46(12,13)44)17-20-36(4,5)6)25-24-39(10)29(34(41)27(26)2)14-15-32-38(9)21-19-33(45-28(3)42)37(7,8)31(38)18-22-40(32,39)11/h14,26-27,31-34H,15-16,18-19,21-25H2,1-13H3/t26-,27+,31+,32-,33+,34+,38+,39-,40-,41+/m1/s1. The Balaban J connectivity index is 1.61. The van der Waals surface area contributed by atoms with Crippen LogP contribution in [0.1, 0.15) is 134 Å². The second kappa shape index (κ2) is 11.2. The number of allylic oxidation sites excluding steroid dienone is 2. The van der Waals surface area contributed by atoms with Gasteiger partial charge in [-0.3, -0.25) is 13.8 Å². The Labute approximate surface area is 282 Å². The highest BCUT2D eigenvalue weighted by Crippen LogP contribution is 2.76. The first-order chi connectivity index (χ1) is 21.0. The normalized spacial score (nSPS) is 43.3. The number of ether oxygens (including phenoxy) is 1. The molecule has 0 amide bonds. The Kier molecular flexibility index (Phi) is 8.74. The topological polar surface area (TPSA) is 60.4 Å². The molecule has 4 saturated carbocycles. The molecule has 0 spiro atoms. The minimum Gasteiger partial charge on any atom is -0.462 e. The molecule has 0 heterocycles. The summed E-state index contributed by atoms with van der Waals surface area (Å²) >= 11 is 0. The smallest absolute Gasteiger partial charge is 0.302 e. The van der Waals surface area contributed by atoms with Crippen LogP contribution in [0.15, 0.2) is 11.6 Å². The van der Waals surface area contributed by atoms with E-state index >= 15 is 4.79 Å². The number of ketones is 1. The highest BCUT2D eigenvalue weighted by Gasteiger charge is 2.69. The Bertz CT molecular complexity index is 1500. The molecule has 46 heavy (non-hydrogen) atoms. The summed E-state index contributed by atoms with van der Waals surface area (Å²) in [6.07, 6.45) is 15.1. The Morgan fingerprint density at radius 1 is 0.913 bits per heavy atom. The Hall–Kier alpha value is -1.54. The molecule has 5 rings (SSSR count). The van der Waals surface area contributed by atoms with Gasteiger partial charge in [-0.05, 0) is 134 Å². The van der Waals surface area contributed by atoms with Crippen LogP contribution >= 0.6 is 0 Å². The number of rotatable bonds is 3. The van der Waals surface area contributed by atoms with E-state index in [0.717, 1.165) is 57.8 Å². The van der Waals surface area contributed by atoms with Crippen LogP contribution in [0.3, 0.4) is 0 Å². The summed E-state index contributed by atoms with van der Waals surface area (Å²) in [6.45, 7) is 24.9. The van der Waals surface area contributed by atoms with Gasteiger partial charge in [0.2, 0.25) is 0 Å². The molecule has 4 fully saturated rings. The zero-order valence-corrected chi connectivity index (χ0v) is 32.3. The summed E-state index contributed by atoms with van der Waals surface area (Å²) in [4.78, 5) is 27.5. The average Bonchev–Trinajstić information content (AvgIpc) is 2.91. The lowest BCUT2D eigenvalue weighted by atomic mass is 9.33. The summed E-state index contributed by atoms with van der Waals surface area (Å²) in [5.41, 5.74) is 0.919. The highest BCUT2D eigenvalue weighted by molar-refractivity contribution is 8.02. The van der Waals surface area contributed by atoms with Gasteiger partial charge in [-0.25, -0.2) is 0 Å². The van der Waals surface area contributed by atoms with Crippen molar-refractivity contribution in [2.45, 2.75) is 140 Å². The molecule has 10 atom stereocenters. The van der Waals surface area contributed by atoms with E-state index in [0.29, 0.717) is 28.5 Å². The van der Waals surface area contributed by atoms with Gasteiger partial charge < -0.3 is 4.74 Å². The third-order valence-electron chi connectivity index (χ3n) is 14.9. The van der Waals surface area contributed by atoms with E-state index in [4.69, 9.17) is 4.74 Å². The predicted molar refractivity (Wildman–Crippen MR) is 192 cm³/mol. The maximum atomic E-state index is 15.0. The van der Waals surface area contributed by atoms with Crippen molar-refractivity contribution >= 4 is 26.1 Å². The van der Waals surface area contributed by atoms with Crippen molar-refractivity contribution in [3.63, 3.8) is 0 Å². The predicted octanol–water partition coefficient (Wildman–Crippen LogP) is 8.91. The van der Waals surface area contributed by atoms with Gasteiger partial charge in [0.1, 0.15) is 11.0 Å². The first kappa shape index (κ1) is 35.8. The van der Waals surface area contributed by atoms with Crippen LogP contribution in [0.5, 0.6) is 0 Å². The number of fused-ring (bicyclic) bond motifs is 7. The monoisotopic (exact) mass is 652 g/mol.